The number of hydrogen-bond donors (Lipinski definition) is 3. The molecule has 8 nitrogen and oxygen atoms in total. The lowest BCUT2D eigenvalue weighted by Gasteiger charge is -1.91. The fourth-order valence-electron chi connectivity index (χ4n) is 0.873. The van der Waals surface area contributed by atoms with Gasteiger partial charge in [0.1, 0.15) is 5.69 Å². The van der Waals surface area contributed by atoms with Crippen LogP contribution in [0.5, 0.6) is 0 Å². The third kappa shape index (κ3) is 1.41. The Morgan fingerprint density at radius 3 is 2.92 bits per heavy atom. The molecule has 0 aliphatic heterocycles. The minimum Gasteiger partial charge on any atom is -0.409 e. The Hall–Kier alpha value is -2.12. The number of aromatic amines is 1. The Bertz CT molecular complexity index is 368. The van der Waals surface area contributed by atoms with Crippen LogP contribution < -0.4 is 5.73 Å². The summed E-state index contributed by atoms with van der Waals surface area (Å²) in [6, 6.07) is 0. The molecule has 70 valence electrons. The van der Waals surface area contributed by atoms with Crippen molar-refractivity contribution in [1.29, 1.82) is 0 Å². The van der Waals surface area contributed by atoms with Crippen LogP contribution in [0.4, 0.5) is 5.69 Å². The molecule has 1 rings (SSSR count). The number of nitrogens with zero attached hydrogens (tertiary/aromatic N) is 3. The topological polar surface area (TPSA) is 130 Å². The summed E-state index contributed by atoms with van der Waals surface area (Å²) in [6.45, 7) is 1.47. The first-order valence-corrected chi connectivity index (χ1v) is 3.25. The molecule has 1 aromatic heterocycles. The normalized spacial score (nSPS) is 11.6. The largest absolute Gasteiger partial charge is 0.409 e. The van der Waals surface area contributed by atoms with E-state index < -0.39 is 10.8 Å². The molecule has 0 fully saturated rings. The number of aryl methyl sites for hydroxylation is 1. The Labute approximate surface area is 72.2 Å². The second-order valence-electron chi connectivity index (χ2n) is 2.29. The molecule has 0 aliphatic rings. The number of aromatic nitrogens is 2. The molecule has 0 atom stereocenters. The van der Waals surface area contributed by atoms with Crippen molar-refractivity contribution in [2.24, 2.45) is 10.9 Å². The average molecular weight is 185 g/mol. The predicted molar refractivity (Wildman–Crippen MR) is 42.5 cm³/mol. The summed E-state index contributed by atoms with van der Waals surface area (Å²) in [7, 11) is 0. The summed E-state index contributed by atoms with van der Waals surface area (Å²) in [6.07, 6.45) is 0. The zero-order chi connectivity index (χ0) is 10.0. The summed E-state index contributed by atoms with van der Waals surface area (Å²) in [4.78, 5) is 9.83. The minimum absolute atomic E-state index is 0.162. The van der Waals surface area contributed by atoms with Crippen molar-refractivity contribution in [3.63, 3.8) is 0 Å². The van der Waals surface area contributed by atoms with E-state index in [4.69, 9.17) is 10.9 Å². The van der Waals surface area contributed by atoms with Crippen molar-refractivity contribution in [2.45, 2.75) is 6.92 Å². The number of hydrogen-bond acceptors (Lipinski definition) is 5. The zero-order valence-electron chi connectivity index (χ0n) is 6.68. The van der Waals surface area contributed by atoms with E-state index >= 15 is 0 Å². The van der Waals surface area contributed by atoms with Crippen LogP contribution in [0.3, 0.4) is 0 Å². The van der Waals surface area contributed by atoms with Crippen LogP contribution in [0, 0.1) is 17.0 Å². The maximum absolute atomic E-state index is 10.5. The summed E-state index contributed by atoms with van der Waals surface area (Å²) in [5.74, 6) is -0.393. The van der Waals surface area contributed by atoms with E-state index in [0.29, 0.717) is 0 Å². The highest BCUT2D eigenvalue weighted by atomic mass is 16.6. The highest BCUT2D eigenvalue weighted by Gasteiger charge is 2.24. The first kappa shape index (κ1) is 8.97. The molecule has 0 spiro atoms. The van der Waals surface area contributed by atoms with Crippen LogP contribution in [0.2, 0.25) is 0 Å². The molecule has 0 unspecified atom stereocenters. The van der Waals surface area contributed by atoms with Crippen LogP contribution in [-0.2, 0) is 0 Å². The van der Waals surface area contributed by atoms with E-state index in [1.807, 2.05) is 0 Å². The number of nitro groups is 1. The minimum atomic E-state index is -0.647. The molecule has 1 heterocycles. The van der Waals surface area contributed by atoms with E-state index in [2.05, 4.69) is 15.4 Å². The number of H-pyrrole nitrogens is 1. The molecular formula is C5H7N5O3. The summed E-state index contributed by atoms with van der Waals surface area (Å²) >= 11 is 0. The van der Waals surface area contributed by atoms with Gasteiger partial charge < -0.3 is 10.9 Å². The molecule has 8 heteroatoms. The van der Waals surface area contributed by atoms with Gasteiger partial charge in [-0.1, -0.05) is 5.16 Å². The second-order valence-corrected chi connectivity index (χ2v) is 2.29. The van der Waals surface area contributed by atoms with E-state index in [1.165, 1.54) is 6.92 Å². The number of rotatable bonds is 2. The lowest BCUT2D eigenvalue weighted by Crippen LogP contribution is -2.15. The van der Waals surface area contributed by atoms with Crippen molar-refractivity contribution in [3.05, 3.63) is 21.5 Å². The molecule has 0 aliphatic carbocycles. The van der Waals surface area contributed by atoms with Gasteiger partial charge in [0.05, 0.1) is 4.92 Å². The molecular weight excluding hydrogens is 178 g/mol. The van der Waals surface area contributed by atoms with Gasteiger partial charge in [0.25, 0.3) is 0 Å². The standard InChI is InChI=1S/C5H7N5O3/c1-2-4(10(12)13)3(8-7-2)5(6)9-11/h11H,1H3,(H2,6,9)(H,7,8). The Morgan fingerprint density at radius 1 is 1.85 bits per heavy atom. The molecule has 0 saturated heterocycles. The Kier molecular flexibility index (Phi) is 2.13. The van der Waals surface area contributed by atoms with Crippen molar-refractivity contribution in [3.8, 4) is 0 Å². The lowest BCUT2D eigenvalue weighted by atomic mass is 10.3. The second kappa shape index (κ2) is 3.09. The Morgan fingerprint density at radius 2 is 2.46 bits per heavy atom. The van der Waals surface area contributed by atoms with Crippen LogP contribution in [0.25, 0.3) is 0 Å². The van der Waals surface area contributed by atoms with Crippen LogP contribution in [-0.4, -0.2) is 26.2 Å². The SMILES string of the molecule is Cc1[nH]nc(C(N)=NO)c1[N+](=O)[O-]. The van der Waals surface area contributed by atoms with Crippen LogP contribution in [0.1, 0.15) is 11.4 Å². The maximum Gasteiger partial charge on any atom is 0.320 e. The maximum atomic E-state index is 10.5. The smallest absolute Gasteiger partial charge is 0.320 e. The van der Waals surface area contributed by atoms with Gasteiger partial charge in [-0.15, -0.1) is 0 Å². The molecule has 0 bridgehead atoms. The predicted octanol–water partition coefficient (Wildman–Crippen LogP) is -0.279. The van der Waals surface area contributed by atoms with Gasteiger partial charge in [0, 0.05) is 0 Å². The third-order valence-corrected chi connectivity index (χ3v) is 1.45. The van der Waals surface area contributed by atoms with Crippen molar-refractivity contribution in [1.82, 2.24) is 10.2 Å². The van der Waals surface area contributed by atoms with Crippen molar-refractivity contribution >= 4 is 11.5 Å². The molecule has 0 aromatic carbocycles. The van der Waals surface area contributed by atoms with Crippen molar-refractivity contribution < 1.29 is 10.1 Å². The molecule has 0 saturated carbocycles. The van der Waals surface area contributed by atoms with E-state index in [-0.39, 0.29) is 17.1 Å². The number of oxime groups is 1. The van der Waals surface area contributed by atoms with Gasteiger partial charge in [-0.05, 0) is 6.92 Å². The quantitative estimate of drug-likeness (QED) is 0.192. The lowest BCUT2D eigenvalue weighted by molar-refractivity contribution is -0.385. The van der Waals surface area contributed by atoms with Gasteiger partial charge in [-0.25, -0.2) is 0 Å². The van der Waals surface area contributed by atoms with Gasteiger partial charge in [0.2, 0.25) is 5.69 Å². The Balaban J connectivity index is 3.31. The summed E-state index contributed by atoms with van der Waals surface area (Å²) < 4.78 is 0. The molecule has 1 aromatic rings. The first-order valence-electron chi connectivity index (χ1n) is 3.25. The summed E-state index contributed by atoms with van der Waals surface area (Å²) in [5, 5.41) is 27.3. The first-order chi connectivity index (χ1) is 6.07. The van der Waals surface area contributed by atoms with E-state index in [9.17, 15) is 10.1 Å². The van der Waals surface area contributed by atoms with Gasteiger partial charge in [0.15, 0.2) is 5.84 Å². The van der Waals surface area contributed by atoms with Gasteiger partial charge >= 0.3 is 5.69 Å². The number of amidine groups is 1. The highest BCUT2D eigenvalue weighted by molar-refractivity contribution is 5.99. The fraction of sp³-hybridized carbons (Fsp3) is 0.200. The number of nitrogens with two attached hydrogens (primary N) is 1. The van der Waals surface area contributed by atoms with E-state index in [0.717, 1.165) is 0 Å². The van der Waals surface area contributed by atoms with E-state index in [1.54, 1.807) is 0 Å². The van der Waals surface area contributed by atoms with Crippen molar-refractivity contribution in [2.75, 3.05) is 0 Å². The number of nitrogens with one attached hydrogen (secondary N) is 1. The van der Waals surface area contributed by atoms with Gasteiger partial charge in [-0.3, -0.25) is 15.2 Å². The third-order valence-electron chi connectivity index (χ3n) is 1.45. The monoisotopic (exact) mass is 185 g/mol. The van der Waals surface area contributed by atoms with Crippen LogP contribution >= 0.6 is 0 Å². The summed E-state index contributed by atoms with van der Waals surface area (Å²) in [5.41, 5.74) is 4.97. The average Bonchev–Trinajstić information content (AvgIpc) is 2.45. The molecule has 0 amide bonds. The van der Waals surface area contributed by atoms with Gasteiger partial charge in [-0.2, -0.15) is 5.10 Å². The molecule has 4 N–H and O–H groups in total. The zero-order valence-corrected chi connectivity index (χ0v) is 6.68. The fourth-order valence-corrected chi connectivity index (χ4v) is 0.873. The molecule has 0 radical (unpaired) electrons. The molecule has 13 heavy (non-hydrogen) atoms. The van der Waals surface area contributed by atoms with Crippen LogP contribution in [0.15, 0.2) is 5.16 Å². The highest BCUT2D eigenvalue weighted by Crippen LogP contribution is 2.19.